The molecule has 1 nitrogen and oxygen atoms in total. The average Bonchev–Trinajstić information content (AvgIpc) is 2.51. The molecule has 1 aromatic heterocycles. The highest BCUT2D eigenvalue weighted by molar-refractivity contribution is 9.09. The standard InChI is InChI=1S/C10H16BrNS/c1-9(11)7-12(2)5-3-10-4-6-13-8-10/h4,6,8-9H,3,5,7H2,1-2H3. The van der Waals surface area contributed by atoms with E-state index in [4.69, 9.17) is 0 Å². The second-order valence-corrected chi connectivity index (χ2v) is 5.77. The molecule has 1 unspecified atom stereocenters. The van der Waals surface area contributed by atoms with E-state index in [2.05, 4.69) is 51.6 Å². The van der Waals surface area contributed by atoms with Crippen molar-refractivity contribution in [2.75, 3.05) is 20.1 Å². The molecule has 13 heavy (non-hydrogen) atoms. The second-order valence-electron chi connectivity index (χ2n) is 3.42. The molecule has 0 aliphatic heterocycles. The van der Waals surface area contributed by atoms with Gasteiger partial charge in [-0.3, -0.25) is 0 Å². The molecule has 3 heteroatoms. The molecule has 0 aromatic carbocycles. The third kappa shape index (κ3) is 4.79. The van der Waals surface area contributed by atoms with Crippen LogP contribution in [0.2, 0.25) is 0 Å². The minimum absolute atomic E-state index is 0.583. The van der Waals surface area contributed by atoms with Crippen LogP contribution >= 0.6 is 27.3 Å². The first-order valence-electron chi connectivity index (χ1n) is 4.52. The smallest absolute Gasteiger partial charge is 0.0244 e. The van der Waals surface area contributed by atoms with E-state index in [-0.39, 0.29) is 0 Å². The van der Waals surface area contributed by atoms with Crippen molar-refractivity contribution < 1.29 is 0 Å². The van der Waals surface area contributed by atoms with Crippen molar-refractivity contribution in [3.8, 4) is 0 Å². The predicted molar refractivity (Wildman–Crippen MR) is 63.9 cm³/mol. The fourth-order valence-corrected chi connectivity index (χ4v) is 2.47. The van der Waals surface area contributed by atoms with Gasteiger partial charge in [0.25, 0.3) is 0 Å². The number of likely N-dealkylation sites (N-methyl/N-ethyl adjacent to an activating group) is 1. The molecule has 1 heterocycles. The minimum atomic E-state index is 0.583. The summed E-state index contributed by atoms with van der Waals surface area (Å²) in [6.45, 7) is 4.44. The van der Waals surface area contributed by atoms with Crippen LogP contribution in [0.25, 0.3) is 0 Å². The van der Waals surface area contributed by atoms with E-state index in [9.17, 15) is 0 Å². The van der Waals surface area contributed by atoms with Crippen molar-refractivity contribution in [3.63, 3.8) is 0 Å². The van der Waals surface area contributed by atoms with Gasteiger partial charge in [0, 0.05) is 17.9 Å². The Hall–Kier alpha value is 0.140. The quantitative estimate of drug-likeness (QED) is 0.737. The number of thiophene rings is 1. The molecular formula is C10H16BrNS. The zero-order valence-corrected chi connectivity index (χ0v) is 10.6. The van der Waals surface area contributed by atoms with Gasteiger partial charge < -0.3 is 4.90 Å². The lowest BCUT2D eigenvalue weighted by Gasteiger charge is -2.17. The number of alkyl halides is 1. The maximum Gasteiger partial charge on any atom is 0.0244 e. The first-order valence-corrected chi connectivity index (χ1v) is 6.38. The molecule has 0 N–H and O–H groups in total. The van der Waals surface area contributed by atoms with Crippen LogP contribution in [-0.4, -0.2) is 29.9 Å². The van der Waals surface area contributed by atoms with Gasteiger partial charge in [-0.1, -0.05) is 22.9 Å². The molecule has 0 radical (unpaired) electrons. The van der Waals surface area contributed by atoms with E-state index in [0.29, 0.717) is 4.83 Å². The average molecular weight is 262 g/mol. The normalized spacial score (nSPS) is 13.5. The van der Waals surface area contributed by atoms with Gasteiger partial charge in [-0.2, -0.15) is 11.3 Å². The van der Waals surface area contributed by atoms with Crippen molar-refractivity contribution in [2.24, 2.45) is 0 Å². The molecule has 1 rings (SSSR count). The van der Waals surface area contributed by atoms with Crippen LogP contribution < -0.4 is 0 Å². The summed E-state index contributed by atoms with van der Waals surface area (Å²) in [5, 5.41) is 4.37. The molecule has 0 spiro atoms. The Labute approximate surface area is 92.9 Å². The van der Waals surface area contributed by atoms with Gasteiger partial charge in [0.2, 0.25) is 0 Å². The molecule has 0 saturated heterocycles. The van der Waals surface area contributed by atoms with Gasteiger partial charge in [-0.05, 0) is 35.9 Å². The van der Waals surface area contributed by atoms with E-state index in [1.54, 1.807) is 11.3 Å². The molecule has 1 aromatic rings. The van der Waals surface area contributed by atoms with Crippen LogP contribution in [0.3, 0.4) is 0 Å². The van der Waals surface area contributed by atoms with E-state index in [1.165, 1.54) is 12.0 Å². The van der Waals surface area contributed by atoms with Crippen LogP contribution in [0.15, 0.2) is 16.8 Å². The molecular weight excluding hydrogens is 246 g/mol. The second kappa shape index (κ2) is 5.78. The Morgan fingerprint density at radius 1 is 1.62 bits per heavy atom. The van der Waals surface area contributed by atoms with E-state index >= 15 is 0 Å². The zero-order chi connectivity index (χ0) is 9.68. The summed E-state index contributed by atoms with van der Waals surface area (Å²) in [5.41, 5.74) is 1.46. The summed E-state index contributed by atoms with van der Waals surface area (Å²) < 4.78 is 0. The fourth-order valence-electron chi connectivity index (χ4n) is 1.28. The topological polar surface area (TPSA) is 3.24 Å². The molecule has 0 saturated carbocycles. The third-order valence-electron chi connectivity index (χ3n) is 1.93. The van der Waals surface area contributed by atoms with Crippen LogP contribution in [0, 0.1) is 0 Å². The summed E-state index contributed by atoms with van der Waals surface area (Å²) >= 11 is 5.33. The lowest BCUT2D eigenvalue weighted by molar-refractivity contribution is 0.344. The van der Waals surface area contributed by atoms with Crippen molar-refractivity contribution >= 4 is 27.3 Å². The minimum Gasteiger partial charge on any atom is -0.305 e. The predicted octanol–water partition coefficient (Wildman–Crippen LogP) is 3.01. The summed E-state index contributed by atoms with van der Waals surface area (Å²) in [6, 6.07) is 2.20. The highest BCUT2D eigenvalue weighted by atomic mass is 79.9. The Morgan fingerprint density at radius 2 is 2.38 bits per heavy atom. The van der Waals surface area contributed by atoms with E-state index in [1.807, 2.05) is 0 Å². The lowest BCUT2D eigenvalue weighted by Crippen LogP contribution is -2.26. The molecule has 1 atom stereocenters. The van der Waals surface area contributed by atoms with Gasteiger partial charge in [0.1, 0.15) is 0 Å². The van der Waals surface area contributed by atoms with Gasteiger partial charge in [-0.15, -0.1) is 0 Å². The maximum atomic E-state index is 3.55. The number of rotatable bonds is 5. The molecule has 0 bridgehead atoms. The summed E-state index contributed by atoms with van der Waals surface area (Å²) in [7, 11) is 2.17. The highest BCUT2D eigenvalue weighted by Gasteiger charge is 2.02. The van der Waals surface area contributed by atoms with Gasteiger partial charge in [0.15, 0.2) is 0 Å². The summed E-state index contributed by atoms with van der Waals surface area (Å²) in [6.07, 6.45) is 1.17. The Kier molecular flexibility index (Phi) is 4.99. The van der Waals surface area contributed by atoms with E-state index in [0.717, 1.165) is 13.1 Å². The van der Waals surface area contributed by atoms with Crippen LogP contribution in [-0.2, 0) is 6.42 Å². The highest BCUT2D eigenvalue weighted by Crippen LogP contribution is 2.07. The first-order chi connectivity index (χ1) is 6.18. The molecule has 0 aliphatic carbocycles. The molecule has 0 aliphatic rings. The largest absolute Gasteiger partial charge is 0.305 e. The van der Waals surface area contributed by atoms with Crippen LogP contribution in [0.4, 0.5) is 0 Å². The summed E-state index contributed by atoms with van der Waals surface area (Å²) in [4.78, 5) is 2.94. The molecule has 74 valence electrons. The van der Waals surface area contributed by atoms with Crippen molar-refractivity contribution in [1.82, 2.24) is 4.90 Å². The Balaban J connectivity index is 2.19. The third-order valence-corrected chi connectivity index (χ3v) is 2.95. The van der Waals surface area contributed by atoms with Gasteiger partial charge in [0.05, 0.1) is 0 Å². The monoisotopic (exact) mass is 261 g/mol. The number of nitrogens with zero attached hydrogens (tertiary/aromatic N) is 1. The maximum absolute atomic E-state index is 3.55. The molecule has 0 fully saturated rings. The van der Waals surface area contributed by atoms with Crippen molar-refractivity contribution in [2.45, 2.75) is 18.2 Å². The van der Waals surface area contributed by atoms with E-state index < -0.39 is 0 Å². The van der Waals surface area contributed by atoms with Gasteiger partial charge in [-0.25, -0.2) is 0 Å². The first kappa shape index (κ1) is 11.2. The van der Waals surface area contributed by atoms with Gasteiger partial charge >= 0.3 is 0 Å². The number of hydrogen-bond acceptors (Lipinski definition) is 2. The summed E-state index contributed by atoms with van der Waals surface area (Å²) in [5.74, 6) is 0. The van der Waals surface area contributed by atoms with Crippen molar-refractivity contribution in [1.29, 1.82) is 0 Å². The Bertz CT molecular complexity index is 221. The van der Waals surface area contributed by atoms with Crippen LogP contribution in [0.1, 0.15) is 12.5 Å². The fraction of sp³-hybridized carbons (Fsp3) is 0.600. The lowest BCUT2D eigenvalue weighted by atomic mass is 10.2. The van der Waals surface area contributed by atoms with Crippen LogP contribution in [0.5, 0.6) is 0 Å². The Morgan fingerprint density at radius 3 is 2.92 bits per heavy atom. The SMILES string of the molecule is CC(Br)CN(C)CCc1ccsc1. The zero-order valence-electron chi connectivity index (χ0n) is 8.16. The van der Waals surface area contributed by atoms with Crippen molar-refractivity contribution in [3.05, 3.63) is 22.4 Å². The molecule has 0 amide bonds. The number of hydrogen-bond donors (Lipinski definition) is 0. The number of halogens is 1.